The van der Waals surface area contributed by atoms with Crippen LogP contribution in [0.2, 0.25) is 0 Å². The summed E-state index contributed by atoms with van der Waals surface area (Å²) in [6.45, 7) is -0.679. The predicted octanol–water partition coefficient (Wildman–Crippen LogP) is 2.25. The fourth-order valence-electron chi connectivity index (χ4n) is 1.50. The number of rotatable bonds is 4. The molecule has 0 aliphatic heterocycles. The molecule has 0 aliphatic carbocycles. The van der Waals surface area contributed by atoms with Crippen LogP contribution in [-0.4, -0.2) is 15.7 Å². The van der Waals surface area contributed by atoms with Crippen molar-refractivity contribution in [2.75, 3.05) is 5.73 Å². The highest BCUT2D eigenvalue weighted by Gasteiger charge is 2.14. The minimum atomic E-state index is -0.791. The Hall–Kier alpha value is -1.96. The number of ether oxygens (including phenoxy) is 1. The Balaban J connectivity index is 1.98. The van der Waals surface area contributed by atoms with Gasteiger partial charge in [0.05, 0.1) is 10.0 Å². The van der Waals surface area contributed by atoms with E-state index in [2.05, 4.69) is 21.0 Å². The molecule has 1 aromatic carbocycles. The zero-order valence-corrected chi connectivity index (χ0v) is 11.7. The molecule has 0 aliphatic rings. The van der Waals surface area contributed by atoms with Crippen molar-refractivity contribution in [3.05, 3.63) is 46.1 Å². The first-order valence-electron chi connectivity index (χ1n) is 5.54. The summed E-state index contributed by atoms with van der Waals surface area (Å²) in [6.07, 6.45) is 1.50. The van der Waals surface area contributed by atoms with Gasteiger partial charge < -0.3 is 10.5 Å². The second kappa shape index (κ2) is 6.00. The second-order valence-corrected chi connectivity index (χ2v) is 4.77. The number of nitrogens with two attached hydrogens (primary N) is 1. The van der Waals surface area contributed by atoms with E-state index in [0.717, 1.165) is 6.07 Å². The van der Waals surface area contributed by atoms with Crippen molar-refractivity contribution < 1.29 is 18.3 Å². The number of nitrogen functional groups attached to an aromatic ring is 1. The molecule has 2 N–H and O–H groups in total. The number of nitrogens with zero attached hydrogens (tertiary/aromatic N) is 2. The van der Waals surface area contributed by atoms with E-state index >= 15 is 0 Å². The SMILES string of the molecule is Nc1ccn(CC(=O)OCc2c(F)ccc(Br)c2F)n1. The minimum absolute atomic E-state index is 0.102. The molecule has 2 rings (SSSR count). The van der Waals surface area contributed by atoms with Crippen molar-refractivity contribution >= 4 is 27.7 Å². The van der Waals surface area contributed by atoms with Crippen LogP contribution in [0, 0.1) is 11.6 Å². The third-order valence-electron chi connectivity index (χ3n) is 2.47. The molecular formula is C12H10BrF2N3O2. The first kappa shape index (κ1) is 14.4. The molecule has 2 aromatic rings. The maximum Gasteiger partial charge on any atom is 0.328 e. The number of carbonyl (C=O) groups excluding carboxylic acids is 1. The first-order chi connectivity index (χ1) is 9.47. The maximum atomic E-state index is 13.6. The quantitative estimate of drug-likeness (QED) is 0.681. The number of anilines is 1. The molecule has 20 heavy (non-hydrogen) atoms. The zero-order valence-electron chi connectivity index (χ0n) is 10.1. The lowest BCUT2D eigenvalue weighted by molar-refractivity contribution is -0.146. The molecule has 5 nitrogen and oxygen atoms in total. The molecule has 0 atom stereocenters. The summed E-state index contributed by atoms with van der Waals surface area (Å²) in [6, 6.07) is 3.84. The highest BCUT2D eigenvalue weighted by atomic mass is 79.9. The lowest BCUT2D eigenvalue weighted by Gasteiger charge is -2.08. The van der Waals surface area contributed by atoms with Gasteiger partial charge in [-0.25, -0.2) is 8.78 Å². The van der Waals surface area contributed by atoms with Crippen molar-refractivity contribution in [1.29, 1.82) is 0 Å². The van der Waals surface area contributed by atoms with Gasteiger partial charge in [-0.3, -0.25) is 9.48 Å². The van der Waals surface area contributed by atoms with E-state index in [4.69, 9.17) is 10.5 Å². The molecule has 8 heteroatoms. The molecule has 106 valence electrons. The van der Waals surface area contributed by atoms with E-state index in [1.54, 1.807) is 0 Å². The Kier molecular flexibility index (Phi) is 4.33. The van der Waals surface area contributed by atoms with E-state index in [0.29, 0.717) is 0 Å². The van der Waals surface area contributed by atoms with Crippen molar-refractivity contribution in [3.63, 3.8) is 0 Å². The molecule has 0 spiro atoms. The normalized spacial score (nSPS) is 10.6. The third-order valence-corrected chi connectivity index (χ3v) is 3.08. The summed E-state index contributed by atoms with van der Waals surface area (Å²) in [5.74, 6) is -1.98. The number of esters is 1. The topological polar surface area (TPSA) is 70.1 Å². The lowest BCUT2D eigenvalue weighted by atomic mass is 10.2. The molecule has 0 bridgehead atoms. The van der Waals surface area contributed by atoms with Gasteiger partial charge in [-0.05, 0) is 34.1 Å². The Bertz CT molecular complexity index is 646. The van der Waals surface area contributed by atoms with Crippen molar-refractivity contribution in [3.8, 4) is 0 Å². The largest absolute Gasteiger partial charge is 0.459 e. The smallest absolute Gasteiger partial charge is 0.328 e. The van der Waals surface area contributed by atoms with Crippen molar-refractivity contribution in [2.24, 2.45) is 0 Å². The van der Waals surface area contributed by atoms with Gasteiger partial charge in [0.25, 0.3) is 0 Å². The van der Waals surface area contributed by atoms with Crippen LogP contribution in [0.25, 0.3) is 0 Å². The molecule has 0 unspecified atom stereocenters. The number of aromatic nitrogens is 2. The summed E-state index contributed by atoms with van der Waals surface area (Å²) in [5, 5.41) is 3.79. The number of halogens is 3. The third kappa shape index (κ3) is 3.32. The van der Waals surface area contributed by atoms with Gasteiger partial charge in [0.2, 0.25) is 0 Å². The van der Waals surface area contributed by atoms with Gasteiger partial charge in [-0.2, -0.15) is 5.10 Å². The highest BCUT2D eigenvalue weighted by molar-refractivity contribution is 9.10. The Morgan fingerprint density at radius 2 is 2.15 bits per heavy atom. The standard InChI is InChI=1S/C12H10BrF2N3O2/c13-8-1-2-9(14)7(12(8)15)6-20-11(19)5-18-4-3-10(16)17-18/h1-4H,5-6H2,(H2,16,17). The number of carbonyl (C=O) groups is 1. The molecule has 0 fully saturated rings. The predicted molar refractivity (Wildman–Crippen MR) is 70.5 cm³/mol. The van der Waals surface area contributed by atoms with Crippen molar-refractivity contribution in [1.82, 2.24) is 9.78 Å². The number of hydrogen-bond acceptors (Lipinski definition) is 4. The number of benzene rings is 1. The monoisotopic (exact) mass is 345 g/mol. The molecule has 0 amide bonds. The molecule has 0 radical (unpaired) electrons. The highest BCUT2D eigenvalue weighted by Crippen LogP contribution is 2.22. The van der Waals surface area contributed by atoms with Crippen LogP contribution in [0.5, 0.6) is 0 Å². The first-order valence-corrected chi connectivity index (χ1v) is 6.33. The van der Waals surface area contributed by atoms with Crippen LogP contribution in [0.4, 0.5) is 14.6 Å². The lowest BCUT2D eigenvalue weighted by Crippen LogP contribution is -2.15. The van der Waals surface area contributed by atoms with Gasteiger partial charge in [0, 0.05) is 6.20 Å². The Morgan fingerprint density at radius 3 is 2.80 bits per heavy atom. The van der Waals surface area contributed by atoms with Gasteiger partial charge in [0.15, 0.2) is 0 Å². The molecule has 0 saturated carbocycles. The number of hydrogen-bond donors (Lipinski definition) is 1. The van der Waals surface area contributed by atoms with Gasteiger partial charge in [-0.1, -0.05) is 0 Å². The average molecular weight is 346 g/mol. The molecule has 0 saturated heterocycles. The van der Waals surface area contributed by atoms with E-state index in [1.165, 1.54) is 23.0 Å². The van der Waals surface area contributed by atoms with E-state index in [1.807, 2.05) is 0 Å². The van der Waals surface area contributed by atoms with Gasteiger partial charge >= 0.3 is 5.97 Å². The summed E-state index contributed by atoms with van der Waals surface area (Å²) in [4.78, 5) is 11.5. The zero-order chi connectivity index (χ0) is 14.7. The summed E-state index contributed by atoms with van der Waals surface area (Å²) >= 11 is 2.93. The second-order valence-electron chi connectivity index (χ2n) is 3.92. The fourth-order valence-corrected chi connectivity index (χ4v) is 1.87. The van der Waals surface area contributed by atoms with E-state index in [-0.39, 0.29) is 22.4 Å². The van der Waals surface area contributed by atoms with Crippen molar-refractivity contribution in [2.45, 2.75) is 13.2 Å². The van der Waals surface area contributed by atoms with Crippen LogP contribution in [0.15, 0.2) is 28.9 Å². The van der Waals surface area contributed by atoms with Gasteiger partial charge in [-0.15, -0.1) is 0 Å². The maximum absolute atomic E-state index is 13.6. The van der Waals surface area contributed by atoms with Crippen LogP contribution >= 0.6 is 15.9 Å². The van der Waals surface area contributed by atoms with E-state index in [9.17, 15) is 13.6 Å². The Morgan fingerprint density at radius 1 is 1.40 bits per heavy atom. The summed E-state index contributed by atoms with van der Waals surface area (Å²) in [7, 11) is 0. The molecular weight excluding hydrogens is 336 g/mol. The minimum Gasteiger partial charge on any atom is -0.459 e. The van der Waals surface area contributed by atoms with Gasteiger partial charge in [0.1, 0.15) is 30.6 Å². The van der Waals surface area contributed by atoms with Crippen LogP contribution in [-0.2, 0) is 22.7 Å². The van der Waals surface area contributed by atoms with E-state index < -0.39 is 24.2 Å². The fraction of sp³-hybridized carbons (Fsp3) is 0.167. The van der Waals surface area contributed by atoms with Crippen LogP contribution in [0.1, 0.15) is 5.56 Å². The summed E-state index contributed by atoms with van der Waals surface area (Å²) < 4.78 is 33.2. The Labute approximate surface area is 121 Å². The van der Waals surface area contributed by atoms with Crippen LogP contribution < -0.4 is 5.73 Å². The summed E-state index contributed by atoms with van der Waals surface area (Å²) in [5.41, 5.74) is 5.07. The average Bonchev–Trinajstić information content (AvgIpc) is 2.79. The molecule has 1 aromatic heterocycles. The van der Waals surface area contributed by atoms with Crippen LogP contribution in [0.3, 0.4) is 0 Å². The molecule has 1 heterocycles.